The zero-order chi connectivity index (χ0) is 25.4. The molecule has 0 amide bonds. The van der Waals surface area contributed by atoms with E-state index in [4.69, 9.17) is 10.4 Å². The van der Waals surface area contributed by atoms with Crippen molar-refractivity contribution in [2.24, 2.45) is 10.3 Å². The maximum absolute atomic E-state index is 13.2. The Labute approximate surface area is 192 Å². The molecule has 0 aliphatic carbocycles. The topological polar surface area (TPSA) is 168 Å². The van der Waals surface area contributed by atoms with E-state index in [1.807, 2.05) is 0 Å². The lowest BCUT2D eigenvalue weighted by Gasteiger charge is -2.27. The highest BCUT2D eigenvalue weighted by Gasteiger charge is 2.59. The Morgan fingerprint density at radius 3 is 1.30 bits per heavy atom. The number of hydrogen-bond acceptors (Lipinski definition) is 10. The normalized spacial score (nSPS) is 12.4. The third-order valence-electron chi connectivity index (χ3n) is 4.62. The van der Waals surface area contributed by atoms with Crippen LogP contribution in [-0.2, 0) is 29.3 Å². The molecule has 0 radical (unpaired) electrons. The molecule has 10 nitrogen and oxygen atoms in total. The molecule has 2 N–H and O–H groups in total. The standard InChI is InChI=1S/C19H20O6S2.C2H4N2O2/c1-13-5-9-16(10-6-13)26(22,23)19(4,18(21)15(3)20)27(24,25)17-11-7-14(2)8-12-17;5-3-1-2-4-6/h5-12H,1-4H3;1-2,5-6H. The predicted octanol–water partition coefficient (Wildman–Crippen LogP) is 2.33. The molecule has 0 spiro atoms. The van der Waals surface area contributed by atoms with Gasteiger partial charge in [-0.2, -0.15) is 0 Å². The average Bonchev–Trinajstić information content (AvgIpc) is 2.77. The Hall–Kier alpha value is -3.38. The van der Waals surface area contributed by atoms with Crippen molar-refractivity contribution < 1.29 is 36.8 Å². The van der Waals surface area contributed by atoms with Gasteiger partial charge in [-0.05, 0) is 45.0 Å². The van der Waals surface area contributed by atoms with Crippen molar-refractivity contribution in [3.8, 4) is 0 Å². The Balaban J connectivity index is 0.000000801. The number of nitrogens with zero attached hydrogens (tertiary/aromatic N) is 2. The third kappa shape index (κ3) is 5.71. The first-order valence-electron chi connectivity index (χ1n) is 9.28. The van der Waals surface area contributed by atoms with Crippen molar-refractivity contribution in [1.29, 1.82) is 0 Å². The van der Waals surface area contributed by atoms with Gasteiger partial charge in [0.15, 0.2) is 5.78 Å². The number of aryl methyl sites for hydroxylation is 2. The molecule has 2 aromatic carbocycles. The van der Waals surface area contributed by atoms with Gasteiger partial charge in [-0.25, -0.2) is 16.8 Å². The van der Waals surface area contributed by atoms with Gasteiger partial charge in [0.1, 0.15) is 0 Å². The Morgan fingerprint density at radius 1 is 0.758 bits per heavy atom. The van der Waals surface area contributed by atoms with Gasteiger partial charge in [0.05, 0.1) is 22.2 Å². The highest BCUT2D eigenvalue weighted by atomic mass is 32.3. The lowest BCUT2D eigenvalue weighted by molar-refractivity contribution is -0.135. The Kier molecular flexibility index (Phi) is 9.19. The van der Waals surface area contributed by atoms with Crippen LogP contribution in [0, 0.1) is 13.8 Å². The fourth-order valence-electron chi connectivity index (χ4n) is 2.65. The molecule has 2 aromatic rings. The molecule has 0 aromatic heterocycles. The second kappa shape index (κ2) is 11.0. The van der Waals surface area contributed by atoms with Crippen LogP contribution in [0.5, 0.6) is 0 Å². The maximum atomic E-state index is 13.2. The number of sulfone groups is 2. The van der Waals surface area contributed by atoms with E-state index in [0.717, 1.165) is 37.4 Å². The highest BCUT2D eigenvalue weighted by molar-refractivity contribution is 8.11. The largest absolute Gasteiger partial charge is 0.411 e. The zero-order valence-corrected chi connectivity index (χ0v) is 20.0. The van der Waals surface area contributed by atoms with Crippen molar-refractivity contribution in [3.63, 3.8) is 0 Å². The molecule has 33 heavy (non-hydrogen) atoms. The number of rotatable bonds is 7. The van der Waals surface area contributed by atoms with Gasteiger partial charge >= 0.3 is 0 Å². The van der Waals surface area contributed by atoms with Crippen LogP contribution in [-0.4, -0.2) is 55.3 Å². The summed E-state index contributed by atoms with van der Waals surface area (Å²) in [5.74, 6) is -2.65. The van der Waals surface area contributed by atoms with E-state index in [2.05, 4.69) is 10.3 Å². The van der Waals surface area contributed by atoms with Crippen LogP contribution in [0.4, 0.5) is 0 Å². The second-order valence-corrected chi connectivity index (χ2v) is 11.8. The number of oxime groups is 2. The van der Waals surface area contributed by atoms with E-state index in [1.54, 1.807) is 13.8 Å². The van der Waals surface area contributed by atoms with Crippen LogP contribution in [0.15, 0.2) is 68.6 Å². The van der Waals surface area contributed by atoms with Crippen molar-refractivity contribution in [3.05, 3.63) is 59.7 Å². The van der Waals surface area contributed by atoms with Gasteiger partial charge in [-0.15, -0.1) is 0 Å². The highest BCUT2D eigenvalue weighted by Crippen LogP contribution is 2.36. The van der Waals surface area contributed by atoms with Gasteiger partial charge in [0.2, 0.25) is 29.5 Å². The van der Waals surface area contributed by atoms with Crippen molar-refractivity contribution in [1.82, 2.24) is 0 Å². The summed E-state index contributed by atoms with van der Waals surface area (Å²) >= 11 is 0. The molecule has 0 unspecified atom stereocenters. The smallest absolute Gasteiger partial charge is 0.244 e. The first-order valence-corrected chi connectivity index (χ1v) is 12.3. The Bertz CT molecular complexity index is 1180. The molecule has 0 aliphatic rings. The van der Waals surface area contributed by atoms with Crippen molar-refractivity contribution in [2.45, 2.75) is 41.6 Å². The van der Waals surface area contributed by atoms with E-state index < -0.39 is 35.3 Å². The average molecular weight is 497 g/mol. The lowest BCUT2D eigenvalue weighted by atomic mass is 10.2. The van der Waals surface area contributed by atoms with E-state index in [9.17, 15) is 26.4 Å². The summed E-state index contributed by atoms with van der Waals surface area (Å²) in [5, 5.41) is 20.1. The van der Waals surface area contributed by atoms with Crippen LogP contribution in [0.2, 0.25) is 0 Å². The predicted molar refractivity (Wildman–Crippen MR) is 121 cm³/mol. The third-order valence-corrected chi connectivity index (χ3v) is 10.1. The number of carbonyl (C=O) groups is 2. The van der Waals surface area contributed by atoms with E-state index in [-0.39, 0.29) is 9.79 Å². The second-order valence-electron chi connectivity index (χ2n) is 6.99. The first-order chi connectivity index (χ1) is 15.3. The molecule has 12 heteroatoms. The molecule has 0 aliphatic heterocycles. The van der Waals surface area contributed by atoms with Crippen LogP contribution < -0.4 is 0 Å². The first kappa shape index (κ1) is 27.7. The van der Waals surface area contributed by atoms with Gasteiger partial charge in [0, 0.05) is 6.92 Å². The fraction of sp³-hybridized carbons (Fsp3) is 0.238. The van der Waals surface area contributed by atoms with Crippen LogP contribution >= 0.6 is 0 Å². The number of benzene rings is 2. The molecule has 178 valence electrons. The number of Topliss-reactive ketones (excluding diaryl/α,β-unsaturated/α-hetero) is 2. The van der Waals surface area contributed by atoms with Crippen molar-refractivity contribution in [2.75, 3.05) is 0 Å². The monoisotopic (exact) mass is 496 g/mol. The molecule has 0 heterocycles. The maximum Gasteiger partial charge on any atom is 0.244 e. The zero-order valence-electron chi connectivity index (χ0n) is 18.3. The minimum absolute atomic E-state index is 0.346. The molecule has 0 saturated carbocycles. The molecule has 0 bridgehead atoms. The van der Waals surface area contributed by atoms with E-state index in [0.29, 0.717) is 0 Å². The summed E-state index contributed by atoms with van der Waals surface area (Å²) in [6.45, 7) is 5.11. The minimum Gasteiger partial charge on any atom is -0.411 e. The summed E-state index contributed by atoms with van der Waals surface area (Å²) < 4.78 is 50.0. The van der Waals surface area contributed by atoms with E-state index >= 15 is 0 Å². The SMILES string of the molecule is CC(=O)C(=O)C(C)(S(=O)(=O)c1ccc(C)cc1)S(=O)(=O)c1ccc(C)cc1.ON=CC=NO. The Morgan fingerprint density at radius 2 is 1.06 bits per heavy atom. The van der Waals surface area contributed by atoms with Crippen LogP contribution in [0.3, 0.4) is 0 Å². The summed E-state index contributed by atoms with van der Waals surface area (Å²) in [6.07, 6.45) is 1.89. The number of ketones is 2. The summed E-state index contributed by atoms with van der Waals surface area (Å²) in [6, 6.07) is 10.9. The van der Waals surface area contributed by atoms with Crippen LogP contribution in [0.1, 0.15) is 25.0 Å². The minimum atomic E-state index is -4.74. The van der Waals surface area contributed by atoms with Gasteiger partial charge < -0.3 is 10.4 Å². The summed E-state index contributed by atoms with van der Waals surface area (Å²) in [4.78, 5) is 23.7. The number of carbonyl (C=O) groups excluding carboxylic acids is 2. The molecule has 0 saturated heterocycles. The van der Waals surface area contributed by atoms with Gasteiger partial charge in [-0.3, -0.25) is 9.59 Å². The van der Waals surface area contributed by atoms with Gasteiger partial charge in [0.25, 0.3) is 0 Å². The van der Waals surface area contributed by atoms with E-state index in [1.165, 1.54) is 48.5 Å². The molecule has 0 atom stereocenters. The van der Waals surface area contributed by atoms with Crippen LogP contribution in [0.25, 0.3) is 0 Å². The quantitative estimate of drug-likeness (QED) is 0.255. The van der Waals surface area contributed by atoms with Gasteiger partial charge in [-0.1, -0.05) is 45.7 Å². The molecule has 2 rings (SSSR count). The summed E-state index contributed by atoms with van der Waals surface area (Å²) in [5.41, 5.74) is 1.52. The fourth-order valence-corrected chi connectivity index (χ4v) is 7.05. The lowest BCUT2D eigenvalue weighted by Crippen LogP contribution is -2.52. The molecule has 0 fully saturated rings. The molecular formula is C21H24N2O8S2. The van der Waals surface area contributed by atoms with Crippen molar-refractivity contribution >= 4 is 43.7 Å². The number of hydrogen-bond donors (Lipinski definition) is 2. The molecular weight excluding hydrogens is 472 g/mol. The summed E-state index contributed by atoms with van der Waals surface area (Å²) in [7, 11) is -9.47.